The van der Waals surface area contributed by atoms with Crippen LogP contribution >= 0.6 is 11.6 Å². The monoisotopic (exact) mass is 185 g/mol. The van der Waals surface area contributed by atoms with Crippen molar-refractivity contribution in [1.82, 2.24) is 4.98 Å². The number of hydrogen-bond acceptors (Lipinski definition) is 3. The zero-order valence-corrected chi connectivity index (χ0v) is 7.34. The number of hydrogen-bond donors (Lipinski definition) is 0. The zero-order chi connectivity index (χ0) is 8.97. The van der Waals surface area contributed by atoms with Gasteiger partial charge < -0.3 is 4.74 Å². The van der Waals surface area contributed by atoms with Crippen LogP contribution in [0.5, 0.6) is 0 Å². The Kier molecular flexibility index (Phi) is 3.05. The fourth-order valence-corrected chi connectivity index (χ4v) is 0.914. The molecular formula is C8H8ClNO2. The molecule has 0 aliphatic rings. The van der Waals surface area contributed by atoms with E-state index in [1.54, 1.807) is 18.3 Å². The van der Waals surface area contributed by atoms with Crippen molar-refractivity contribution in [2.24, 2.45) is 0 Å². The molecule has 64 valence electrons. The van der Waals surface area contributed by atoms with Crippen molar-refractivity contribution >= 4 is 17.6 Å². The molecule has 0 amide bonds. The van der Waals surface area contributed by atoms with Gasteiger partial charge in [-0.2, -0.15) is 0 Å². The molecule has 0 unspecified atom stereocenters. The Balaban J connectivity index is 2.57. The fraction of sp³-hybridized carbons (Fsp3) is 0.250. The van der Waals surface area contributed by atoms with E-state index in [1.165, 1.54) is 6.92 Å². The maximum absolute atomic E-state index is 10.4. The lowest BCUT2D eigenvalue weighted by Gasteiger charge is -2.00. The predicted molar refractivity (Wildman–Crippen MR) is 44.7 cm³/mol. The van der Waals surface area contributed by atoms with E-state index in [-0.39, 0.29) is 12.6 Å². The van der Waals surface area contributed by atoms with Crippen molar-refractivity contribution in [2.45, 2.75) is 13.5 Å². The van der Waals surface area contributed by atoms with Crippen molar-refractivity contribution < 1.29 is 9.53 Å². The molecule has 0 aliphatic heterocycles. The molecule has 0 spiro atoms. The first-order chi connectivity index (χ1) is 5.68. The molecule has 0 bridgehead atoms. The van der Waals surface area contributed by atoms with Crippen molar-refractivity contribution in [3.05, 3.63) is 29.0 Å². The zero-order valence-electron chi connectivity index (χ0n) is 6.58. The highest BCUT2D eigenvalue weighted by atomic mass is 35.5. The number of carbonyl (C=O) groups is 1. The molecule has 0 radical (unpaired) electrons. The molecule has 1 aromatic rings. The summed E-state index contributed by atoms with van der Waals surface area (Å²) in [5.74, 6) is -0.303. The molecule has 12 heavy (non-hydrogen) atoms. The first-order valence-electron chi connectivity index (χ1n) is 3.42. The van der Waals surface area contributed by atoms with Gasteiger partial charge in [-0.3, -0.25) is 4.79 Å². The van der Waals surface area contributed by atoms with Gasteiger partial charge in [0, 0.05) is 13.1 Å². The second-order valence-corrected chi connectivity index (χ2v) is 2.65. The van der Waals surface area contributed by atoms with E-state index in [4.69, 9.17) is 16.3 Å². The number of rotatable bonds is 2. The van der Waals surface area contributed by atoms with Gasteiger partial charge in [-0.05, 0) is 17.7 Å². The van der Waals surface area contributed by atoms with Gasteiger partial charge in [0.05, 0.1) is 0 Å². The molecule has 0 aliphatic carbocycles. The SMILES string of the molecule is CC(=O)OCc1ccnc(Cl)c1. The minimum absolute atomic E-state index is 0.248. The van der Waals surface area contributed by atoms with E-state index in [0.717, 1.165) is 5.56 Å². The number of aromatic nitrogens is 1. The van der Waals surface area contributed by atoms with Gasteiger partial charge in [-0.1, -0.05) is 11.6 Å². The molecule has 1 aromatic heterocycles. The van der Waals surface area contributed by atoms with E-state index in [2.05, 4.69) is 4.98 Å². The number of pyridine rings is 1. The molecule has 4 heteroatoms. The van der Waals surface area contributed by atoms with Crippen LogP contribution in [-0.2, 0) is 16.1 Å². The Morgan fingerprint density at radius 3 is 3.08 bits per heavy atom. The Labute approximate surface area is 75.3 Å². The fourth-order valence-electron chi connectivity index (χ4n) is 0.717. The normalized spacial score (nSPS) is 9.50. The van der Waals surface area contributed by atoms with Crippen LogP contribution in [0.2, 0.25) is 5.15 Å². The Bertz CT molecular complexity index is 288. The number of nitrogens with zero attached hydrogens (tertiary/aromatic N) is 1. The van der Waals surface area contributed by atoms with Crippen LogP contribution in [0.4, 0.5) is 0 Å². The predicted octanol–water partition coefficient (Wildman–Crippen LogP) is 1.80. The van der Waals surface area contributed by atoms with E-state index in [0.29, 0.717) is 5.15 Å². The summed E-state index contributed by atoms with van der Waals surface area (Å²) in [5, 5.41) is 0.402. The topological polar surface area (TPSA) is 39.2 Å². The number of esters is 1. The molecule has 0 fully saturated rings. The standard InChI is InChI=1S/C8H8ClNO2/c1-6(11)12-5-7-2-3-10-8(9)4-7/h2-4H,5H2,1H3. The third-order valence-electron chi connectivity index (χ3n) is 1.23. The van der Waals surface area contributed by atoms with Crippen LogP contribution in [0.1, 0.15) is 12.5 Å². The van der Waals surface area contributed by atoms with E-state index in [1.807, 2.05) is 0 Å². The second-order valence-electron chi connectivity index (χ2n) is 2.27. The third-order valence-corrected chi connectivity index (χ3v) is 1.44. The number of carbonyl (C=O) groups excluding carboxylic acids is 1. The Morgan fingerprint density at radius 2 is 2.50 bits per heavy atom. The van der Waals surface area contributed by atoms with Gasteiger partial charge in [-0.15, -0.1) is 0 Å². The summed E-state index contributed by atoms with van der Waals surface area (Å²) in [6.07, 6.45) is 1.57. The highest BCUT2D eigenvalue weighted by molar-refractivity contribution is 6.29. The number of halogens is 1. The molecule has 0 aromatic carbocycles. The first-order valence-corrected chi connectivity index (χ1v) is 3.80. The molecule has 1 heterocycles. The maximum atomic E-state index is 10.4. The van der Waals surface area contributed by atoms with Crippen LogP contribution in [0, 0.1) is 0 Å². The van der Waals surface area contributed by atoms with Crippen molar-refractivity contribution in [2.75, 3.05) is 0 Å². The average molecular weight is 186 g/mol. The highest BCUT2D eigenvalue weighted by Gasteiger charge is 1.96. The quantitative estimate of drug-likeness (QED) is 0.521. The lowest BCUT2D eigenvalue weighted by molar-refractivity contribution is -0.142. The summed E-state index contributed by atoms with van der Waals surface area (Å²) < 4.78 is 4.76. The van der Waals surface area contributed by atoms with Gasteiger partial charge in [0.2, 0.25) is 0 Å². The smallest absolute Gasteiger partial charge is 0.302 e. The van der Waals surface area contributed by atoms with Crippen LogP contribution in [0.3, 0.4) is 0 Å². The average Bonchev–Trinajstić information content (AvgIpc) is 2.01. The van der Waals surface area contributed by atoms with E-state index in [9.17, 15) is 4.79 Å². The summed E-state index contributed by atoms with van der Waals surface area (Å²) >= 11 is 5.61. The van der Waals surface area contributed by atoms with Crippen LogP contribution in [-0.4, -0.2) is 11.0 Å². The summed E-state index contributed by atoms with van der Waals surface area (Å²) in [4.78, 5) is 14.2. The van der Waals surface area contributed by atoms with Crippen molar-refractivity contribution in [3.63, 3.8) is 0 Å². The third kappa shape index (κ3) is 2.88. The van der Waals surface area contributed by atoms with Gasteiger partial charge in [0.1, 0.15) is 11.8 Å². The minimum Gasteiger partial charge on any atom is -0.461 e. The largest absolute Gasteiger partial charge is 0.461 e. The molecule has 0 saturated heterocycles. The van der Waals surface area contributed by atoms with Gasteiger partial charge in [0.15, 0.2) is 0 Å². The molecular weight excluding hydrogens is 178 g/mol. The Hall–Kier alpha value is -1.09. The molecule has 0 saturated carbocycles. The van der Waals surface area contributed by atoms with Crippen LogP contribution in [0.15, 0.2) is 18.3 Å². The summed E-state index contributed by atoms with van der Waals surface area (Å²) in [6, 6.07) is 3.40. The molecule has 1 rings (SSSR count). The molecule has 0 atom stereocenters. The van der Waals surface area contributed by atoms with Gasteiger partial charge in [-0.25, -0.2) is 4.98 Å². The van der Waals surface area contributed by atoms with Gasteiger partial charge in [0.25, 0.3) is 0 Å². The second kappa shape index (κ2) is 4.07. The summed E-state index contributed by atoms with van der Waals surface area (Å²) in [5.41, 5.74) is 0.838. The lowest BCUT2D eigenvalue weighted by atomic mass is 10.3. The van der Waals surface area contributed by atoms with Crippen molar-refractivity contribution in [1.29, 1.82) is 0 Å². The first kappa shape index (κ1) is 9.00. The maximum Gasteiger partial charge on any atom is 0.302 e. The number of ether oxygens (including phenoxy) is 1. The molecule has 3 nitrogen and oxygen atoms in total. The summed E-state index contributed by atoms with van der Waals surface area (Å²) in [7, 11) is 0. The van der Waals surface area contributed by atoms with Crippen molar-refractivity contribution in [3.8, 4) is 0 Å². The van der Waals surface area contributed by atoms with Gasteiger partial charge >= 0.3 is 5.97 Å². The molecule has 0 N–H and O–H groups in total. The van der Waals surface area contributed by atoms with Crippen LogP contribution < -0.4 is 0 Å². The van der Waals surface area contributed by atoms with E-state index >= 15 is 0 Å². The Morgan fingerprint density at radius 1 is 1.75 bits per heavy atom. The van der Waals surface area contributed by atoms with Crippen LogP contribution in [0.25, 0.3) is 0 Å². The minimum atomic E-state index is -0.303. The van der Waals surface area contributed by atoms with E-state index < -0.39 is 0 Å². The highest BCUT2D eigenvalue weighted by Crippen LogP contribution is 2.07. The lowest BCUT2D eigenvalue weighted by Crippen LogP contribution is -1.98. The summed E-state index contributed by atoms with van der Waals surface area (Å²) in [6.45, 7) is 1.61.